The smallest absolute Gasteiger partial charge is 0.153 e. The topological polar surface area (TPSA) is 37.9 Å². The number of nitrogens with one attached hydrogen (secondary N) is 1. The van der Waals surface area contributed by atoms with Gasteiger partial charge in [-0.2, -0.15) is 0 Å². The van der Waals surface area contributed by atoms with E-state index in [4.69, 9.17) is 4.74 Å². The molecule has 3 aromatic rings. The van der Waals surface area contributed by atoms with E-state index in [1.807, 2.05) is 31.2 Å². The Morgan fingerprint density at radius 2 is 1.90 bits per heavy atom. The van der Waals surface area contributed by atoms with Crippen molar-refractivity contribution in [1.29, 1.82) is 0 Å². The van der Waals surface area contributed by atoms with Gasteiger partial charge in [0.2, 0.25) is 0 Å². The van der Waals surface area contributed by atoms with Gasteiger partial charge >= 0.3 is 0 Å². The zero-order chi connectivity index (χ0) is 14.1. The summed E-state index contributed by atoms with van der Waals surface area (Å²) in [5.41, 5.74) is 4.35. The lowest BCUT2D eigenvalue weighted by atomic mass is 10.1. The minimum Gasteiger partial charge on any atom is -0.483 e. The number of hydrogen-bond donors (Lipinski definition) is 1. The predicted octanol–water partition coefficient (Wildman–Crippen LogP) is 4.32. The highest BCUT2D eigenvalue weighted by molar-refractivity contribution is 5.74. The van der Waals surface area contributed by atoms with Gasteiger partial charge in [-0.25, -0.2) is 4.98 Å². The lowest BCUT2D eigenvalue weighted by molar-refractivity contribution is 0.216. The maximum atomic E-state index is 6.05. The average molecular weight is 266 g/mol. The van der Waals surface area contributed by atoms with Crippen LogP contribution in [0.1, 0.15) is 30.0 Å². The molecule has 1 N–H and O–H groups in total. The van der Waals surface area contributed by atoms with Crippen LogP contribution in [0, 0.1) is 13.8 Å². The van der Waals surface area contributed by atoms with Crippen molar-refractivity contribution in [3.8, 4) is 5.75 Å². The first-order valence-corrected chi connectivity index (χ1v) is 6.82. The Morgan fingerprint density at radius 1 is 1.10 bits per heavy atom. The van der Waals surface area contributed by atoms with Gasteiger partial charge in [-0.05, 0) is 50.1 Å². The fraction of sp³-hybridized carbons (Fsp3) is 0.235. The second-order valence-corrected chi connectivity index (χ2v) is 5.17. The number of H-pyrrole nitrogens is 1. The maximum Gasteiger partial charge on any atom is 0.153 e. The molecule has 0 amide bonds. The number of benzene rings is 2. The zero-order valence-electron chi connectivity index (χ0n) is 12.0. The van der Waals surface area contributed by atoms with Gasteiger partial charge in [-0.15, -0.1) is 0 Å². The number of aromatic nitrogens is 2. The first-order valence-electron chi connectivity index (χ1n) is 6.82. The van der Waals surface area contributed by atoms with Gasteiger partial charge in [0.15, 0.2) is 6.10 Å². The molecule has 0 aliphatic heterocycles. The van der Waals surface area contributed by atoms with E-state index in [0.717, 1.165) is 28.2 Å². The van der Waals surface area contributed by atoms with Gasteiger partial charge in [-0.3, -0.25) is 0 Å². The number of fused-ring (bicyclic) bond motifs is 1. The second-order valence-electron chi connectivity index (χ2n) is 5.17. The molecule has 0 saturated heterocycles. The summed E-state index contributed by atoms with van der Waals surface area (Å²) >= 11 is 0. The molecule has 0 aliphatic rings. The third-order valence-electron chi connectivity index (χ3n) is 3.44. The highest BCUT2D eigenvalue weighted by atomic mass is 16.5. The first-order chi connectivity index (χ1) is 9.63. The summed E-state index contributed by atoms with van der Waals surface area (Å²) < 4.78 is 6.05. The molecule has 3 rings (SSSR count). The van der Waals surface area contributed by atoms with Crippen molar-refractivity contribution >= 4 is 11.0 Å². The molecule has 102 valence electrons. The monoisotopic (exact) mass is 266 g/mol. The van der Waals surface area contributed by atoms with E-state index in [0.29, 0.717) is 0 Å². The van der Waals surface area contributed by atoms with Crippen molar-refractivity contribution < 1.29 is 4.74 Å². The molecule has 0 radical (unpaired) electrons. The largest absolute Gasteiger partial charge is 0.483 e. The molecule has 3 nitrogen and oxygen atoms in total. The molecule has 1 aromatic heterocycles. The van der Waals surface area contributed by atoms with Crippen molar-refractivity contribution in [2.24, 2.45) is 0 Å². The molecular weight excluding hydrogens is 248 g/mol. The van der Waals surface area contributed by atoms with Gasteiger partial charge in [-0.1, -0.05) is 24.3 Å². The third-order valence-corrected chi connectivity index (χ3v) is 3.44. The van der Waals surface area contributed by atoms with Crippen LogP contribution >= 0.6 is 0 Å². The summed E-state index contributed by atoms with van der Waals surface area (Å²) in [6, 6.07) is 14.2. The van der Waals surface area contributed by atoms with Crippen molar-refractivity contribution in [1.82, 2.24) is 9.97 Å². The minimum absolute atomic E-state index is 0.108. The molecule has 1 heterocycles. The number of imidazole rings is 1. The number of para-hydroxylation sites is 2. The standard InChI is InChI=1S/C17H18N2O/c1-11-8-9-12(2)16(10-11)20-13(3)17-18-14-6-4-5-7-15(14)19-17/h4-10,13H,1-3H3,(H,18,19). The van der Waals surface area contributed by atoms with Crippen LogP contribution in [0.2, 0.25) is 0 Å². The fourth-order valence-electron chi connectivity index (χ4n) is 2.25. The summed E-state index contributed by atoms with van der Waals surface area (Å²) in [4.78, 5) is 7.89. The maximum absolute atomic E-state index is 6.05. The first kappa shape index (κ1) is 12.7. The van der Waals surface area contributed by atoms with Gasteiger partial charge in [0, 0.05) is 0 Å². The number of aromatic amines is 1. The van der Waals surface area contributed by atoms with Gasteiger partial charge in [0.25, 0.3) is 0 Å². The van der Waals surface area contributed by atoms with Crippen LogP contribution in [0.25, 0.3) is 11.0 Å². The number of rotatable bonds is 3. The molecule has 3 heteroatoms. The van der Waals surface area contributed by atoms with Crippen LogP contribution in [0.5, 0.6) is 5.75 Å². The van der Waals surface area contributed by atoms with Crippen molar-refractivity contribution in [3.05, 3.63) is 59.4 Å². The van der Waals surface area contributed by atoms with E-state index >= 15 is 0 Å². The molecule has 0 bridgehead atoms. The van der Waals surface area contributed by atoms with Crippen molar-refractivity contribution in [2.45, 2.75) is 26.9 Å². The Morgan fingerprint density at radius 3 is 2.70 bits per heavy atom. The van der Waals surface area contributed by atoms with E-state index in [1.165, 1.54) is 5.56 Å². The molecule has 2 aromatic carbocycles. The van der Waals surface area contributed by atoms with Crippen LogP contribution in [-0.2, 0) is 0 Å². The SMILES string of the molecule is Cc1ccc(C)c(OC(C)c2nc3ccccc3[nH]2)c1. The van der Waals surface area contributed by atoms with E-state index in [9.17, 15) is 0 Å². The summed E-state index contributed by atoms with van der Waals surface area (Å²) in [5.74, 6) is 1.77. The molecule has 1 unspecified atom stereocenters. The van der Waals surface area contributed by atoms with E-state index < -0.39 is 0 Å². The quantitative estimate of drug-likeness (QED) is 0.766. The Labute approximate surface area is 118 Å². The van der Waals surface area contributed by atoms with Gasteiger partial charge in [0.05, 0.1) is 11.0 Å². The number of nitrogens with zero attached hydrogens (tertiary/aromatic N) is 1. The molecular formula is C17H18N2O. The summed E-state index contributed by atoms with van der Waals surface area (Å²) in [7, 11) is 0. The van der Waals surface area contributed by atoms with Gasteiger partial charge in [0.1, 0.15) is 11.6 Å². The lowest BCUT2D eigenvalue weighted by Gasteiger charge is -2.15. The van der Waals surface area contributed by atoms with E-state index in [1.54, 1.807) is 0 Å². The minimum atomic E-state index is -0.108. The fourth-order valence-corrected chi connectivity index (χ4v) is 2.25. The average Bonchev–Trinajstić information content (AvgIpc) is 2.87. The molecule has 0 fully saturated rings. The third kappa shape index (κ3) is 2.39. The predicted molar refractivity (Wildman–Crippen MR) is 81.1 cm³/mol. The number of ether oxygens (including phenoxy) is 1. The van der Waals surface area contributed by atoms with Crippen LogP contribution < -0.4 is 4.74 Å². The Kier molecular flexibility index (Phi) is 3.18. The normalized spacial score (nSPS) is 12.6. The lowest BCUT2D eigenvalue weighted by Crippen LogP contribution is -2.06. The van der Waals surface area contributed by atoms with Crippen LogP contribution in [0.4, 0.5) is 0 Å². The highest BCUT2D eigenvalue weighted by Gasteiger charge is 2.13. The summed E-state index contributed by atoms with van der Waals surface area (Å²) in [5, 5.41) is 0. The van der Waals surface area contributed by atoms with Crippen LogP contribution in [0.3, 0.4) is 0 Å². The van der Waals surface area contributed by atoms with Crippen molar-refractivity contribution in [3.63, 3.8) is 0 Å². The molecule has 0 saturated carbocycles. The van der Waals surface area contributed by atoms with E-state index in [-0.39, 0.29) is 6.10 Å². The highest BCUT2D eigenvalue weighted by Crippen LogP contribution is 2.25. The summed E-state index contributed by atoms with van der Waals surface area (Å²) in [6.45, 7) is 6.14. The molecule has 1 atom stereocenters. The van der Waals surface area contributed by atoms with Gasteiger partial charge < -0.3 is 9.72 Å². The Balaban J connectivity index is 1.88. The van der Waals surface area contributed by atoms with Crippen LogP contribution in [0.15, 0.2) is 42.5 Å². The Hall–Kier alpha value is -2.29. The zero-order valence-corrected chi connectivity index (χ0v) is 12.0. The molecule has 0 aliphatic carbocycles. The molecule has 20 heavy (non-hydrogen) atoms. The number of hydrogen-bond acceptors (Lipinski definition) is 2. The second kappa shape index (κ2) is 5.00. The van der Waals surface area contributed by atoms with Crippen LogP contribution in [-0.4, -0.2) is 9.97 Å². The van der Waals surface area contributed by atoms with E-state index in [2.05, 4.69) is 42.0 Å². The van der Waals surface area contributed by atoms with Crippen molar-refractivity contribution in [2.75, 3.05) is 0 Å². The number of aryl methyl sites for hydroxylation is 2. The molecule has 0 spiro atoms. The Bertz CT molecular complexity index is 713. The summed E-state index contributed by atoms with van der Waals surface area (Å²) in [6.07, 6.45) is -0.108.